The molecule has 2 aromatic carbocycles. The van der Waals surface area contributed by atoms with E-state index >= 15 is 0 Å². The summed E-state index contributed by atoms with van der Waals surface area (Å²) in [5.74, 6) is -29.1. The Hall–Kier alpha value is -3.90. The minimum atomic E-state index is -7.23. The number of carbonyl (C=O) groups excluding carboxylic acids is 1. The summed E-state index contributed by atoms with van der Waals surface area (Å²) in [6.45, 7) is 0.258. The summed E-state index contributed by atoms with van der Waals surface area (Å²) < 4.78 is 194. The van der Waals surface area contributed by atoms with Gasteiger partial charge in [0, 0.05) is 6.20 Å². The molecule has 1 aliphatic rings. The van der Waals surface area contributed by atoms with E-state index in [1.165, 1.54) is 25.1 Å². The molecule has 0 radical (unpaired) electrons. The molecule has 3 aromatic rings. The molecule has 0 saturated carbocycles. The summed E-state index contributed by atoms with van der Waals surface area (Å²) in [5.41, 5.74) is -6.36. The maximum Gasteiger partial charge on any atom is 0.460 e. The molecule has 1 aromatic heterocycles. The van der Waals surface area contributed by atoms with Gasteiger partial charge in [-0.1, -0.05) is 29.8 Å². The van der Waals surface area contributed by atoms with E-state index in [-0.39, 0.29) is 43.5 Å². The average molecular weight is 688 g/mol. The molecule has 0 saturated heterocycles. The van der Waals surface area contributed by atoms with Crippen molar-refractivity contribution in [3.63, 3.8) is 0 Å². The van der Waals surface area contributed by atoms with Gasteiger partial charge in [0.2, 0.25) is 5.90 Å². The number of aromatic nitrogens is 2. The number of cyclic esters (lactones) is 1. The van der Waals surface area contributed by atoms with Crippen molar-refractivity contribution in [2.45, 2.75) is 49.5 Å². The molecule has 45 heavy (non-hydrogen) atoms. The SMILES string of the molecule is Cc1cc(Cn2cc(C(F)(F)C(F)(F)C(F)(F)F)c(C(F)(F)C(F)(F)C(F)(F)F)n2)ccc1N=C1OC(=O)c2c(Cl)cccc21. The van der Waals surface area contributed by atoms with Crippen LogP contribution < -0.4 is 0 Å². The predicted molar refractivity (Wildman–Crippen MR) is 125 cm³/mol. The van der Waals surface area contributed by atoms with Crippen LogP contribution in [0.4, 0.5) is 67.2 Å². The van der Waals surface area contributed by atoms with Crippen molar-refractivity contribution in [2.75, 3.05) is 0 Å². The van der Waals surface area contributed by atoms with E-state index in [1.54, 1.807) is 0 Å². The van der Waals surface area contributed by atoms with Crippen molar-refractivity contribution < 1.29 is 71.0 Å². The second kappa shape index (κ2) is 10.6. The van der Waals surface area contributed by atoms with E-state index in [9.17, 15) is 66.3 Å². The first-order chi connectivity index (χ1) is 20.3. The number of alkyl halides is 14. The lowest BCUT2D eigenvalue weighted by Crippen LogP contribution is -2.53. The van der Waals surface area contributed by atoms with Gasteiger partial charge in [-0.05, 0) is 36.2 Å². The lowest BCUT2D eigenvalue weighted by Gasteiger charge is -2.31. The molecule has 1 aliphatic heterocycles. The number of aryl methyl sites for hydroxylation is 1. The molecule has 20 heteroatoms. The third kappa shape index (κ3) is 5.48. The summed E-state index contributed by atoms with van der Waals surface area (Å²) >= 11 is 5.97. The highest BCUT2D eigenvalue weighted by Crippen LogP contribution is 2.57. The Balaban J connectivity index is 1.77. The summed E-state index contributed by atoms with van der Waals surface area (Å²) in [7, 11) is 0. The molecule has 0 atom stereocenters. The number of ether oxygens (including phenoxy) is 1. The van der Waals surface area contributed by atoms with Gasteiger partial charge in [-0.2, -0.15) is 66.6 Å². The number of hydrogen-bond acceptors (Lipinski definition) is 4. The minimum Gasteiger partial charge on any atom is -0.403 e. The van der Waals surface area contributed by atoms with Gasteiger partial charge in [0.25, 0.3) is 0 Å². The Bertz CT molecular complexity index is 1640. The van der Waals surface area contributed by atoms with Crippen LogP contribution in [-0.4, -0.2) is 45.8 Å². The van der Waals surface area contributed by atoms with Gasteiger partial charge in [-0.25, -0.2) is 9.79 Å². The van der Waals surface area contributed by atoms with Gasteiger partial charge in [0.15, 0.2) is 0 Å². The number of benzene rings is 2. The van der Waals surface area contributed by atoms with E-state index < -0.39 is 66.0 Å². The van der Waals surface area contributed by atoms with Crippen LogP contribution in [0.25, 0.3) is 0 Å². The van der Waals surface area contributed by atoms with Gasteiger partial charge in [-0.3, -0.25) is 4.68 Å². The maximum atomic E-state index is 14.5. The minimum absolute atomic E-state index is 0.00159. The molecule has 2 heterocycles. The molecule has 4 rings (SSSR count). The highest BCUT2D eigenvalue weighted by atomic mass is 35.5. The number of fused-ring (bicyclic) bond motifs is 1. The van der Waals surface area contributed by atoms with Crippen LogP contribution in [0.2, 0.25) is 5.02 Å². The third-order valence-electron chi connectivity index (χ3n) is 6.36. The number of rotatable bonds is 7. The fraction of sp³-hybridized carbons (Fsp3) is 0.320. The molecule has 0 spiro atoms. The van der Waals surface area contributed by atoms with Crippen molar-refractivity contribution in [1.82, 2.24) is 9.78 Å². The van der Waals surface area contributed by atoms with E-state index in [1.807, 2.05) is 0 Å². The first-order valence-electron chi connectivity index (χ1n) is 11.8. The van der Waals surface area contributed by atoms with Crippen molar-refractivity contribution in [2.24, 2.45) is 4.99 Å². The standard InChI is InChI=1S/C25H12ClF14N3O2/c1-10-7-11(5-6-15(10)41-18-12-3-2-4-14(26)16(12)19(44)45-18)8-43-9-13(20(27,28)22(31,32)24(35,36)37)17(42-43)21(29,30)23(33,34)25(38,39)40/h2-7,9H,8H2,1H3. The molecular weight excluding hydrogens is 676 g/mol. The number of halogens is 15. The summed E-state index contributed by atoms with van der Waals surface area (Å²) in [5, 5.41) is 2.55. The lowest BCUT2D eigenvalue weighted by molar-refractivity contribution is -0.367. The molecule has 0 bridgehead atoms. The Kier molecular flexibility index (Phi) is 7.99. The average Bonchev–Trinajstić information content (AvgIpc) is 3.46. The maximum absolute atomic E-state index is 14.5. The Morgan fingerprint density at radius 1 is 0.844 bits per heavy atom. The normalized spacial score (nSPS) is 15.9. The van der Waals surface area contributed by atoms with Crippen LogP contribution in [0, 0.1) is 6.92 Å². The number of hydrogen-bond donors (Lipinski definition) is 0. The van der Waals surface area contributed by atoms with E-state index in [0.717, 1.165) is 18.2 Å². The van der Waals surface area contributed by atoms with Crippen molar-refractivity contribution in [3.05, 3.63) is 81.1 Å². The van der Waals surface area contributed by atoms with Crippen molar-refractivity contribution in [1.29, 1.82) is 0 Å². The second-order valence-corrected chi connectivity index (χ2v) is 9.88. The first kappa shape index (κ1) is 34.0. The number of nitrogens with zero attached hydrogens (tertiary/aromatic N) is 3. The van der Waals surface area contributed by atoms with Gasteiger partial charge >= 0.3 is 42.0 Å². The summed E-state index contributed by atoms with van der Waals surface area (Å²) in [4.78, 5) is 16.2. The zero-order valence-electron chi connectivity index (χ0n) is 21.6. The number of esters is 1. The summed E-state index contributed by atoms with van der Waals surface area (Å²) in [6, 6.07) is 7.63. The topological polar surface area (TPSA) is 56.5 Å². The number of carbonyl (C=O) groups is 1. The second-order valence-electron chi connectivity index (χ2n) is 9.47. The molecular formula is C25H12ClF14N3O2. The Morgan fingerprint density at radius 2 is 1.42 bits per heavy atom. The first-order valence-corrected chi connectivity index (χ1v) is 12.1. The molecule has 0 unspecified atom stereocenters. The predicted octanol–water partition coefficient (Wildman–Crippen LogP) is 8.72. The van der Waals surface area contributed by atoms with Gasteiger partial charge in [0.1, 0.15) is 5.69 Å². The third-order valence-corrected chi connectivity index (χ3v) is 6.68. The highest BCUT2D eigenvalue weighted by molar-refractivity contribution is 6.36. The van der Waals surface area contributed by atoms with Crippen molar-refractivity contribution in [3.8, 4) is 0 Å². The fourth-order valence-electron chi connectivity index (χ4n) is 4.06. The smallest absolute Gasteiger partial charge is 0.403 e. The molecule has 0 amide bonds. The van der Waals surface area contributed by atoms with Crippen LogP contribution in [-0.2, 0) is 23.1 Å². The van der Waals surface area contributed by atoms with Crippen molar-refractivity contribution >= 4 is 29.2 Å². The molecule has 0 N–H and O–H groups in total. The lowest BCUT2D eigenvalue weighted by atomic mass is 9.96. The molecule has 0 aliphatic carbocycles. The zero-order valence-corrected chi connectivity index (χ0v) is 22.3. The van der Waals surface area contributed by atoms with Crippen LogP contribution >= 0.6 is 11.6 Å². The Labute approximate surface area is 246 Å². The van der Waals surface area contributed by atoms with Crippen LogP contribution in [0.1, 0.15) is 38.3 Å². The van der Waals surface area contributed by atoms with Crippen LogP contribution in [0.15, 0.2) is 47.6 Å². The quantitative estimate of drug-likeness (QED) is 0.185. The molecule has 0 fully saturated rings. The van der Waals surface area contributed by atoms with E-state index in [0.29, 0.717) is 0 Å². The fourth-order valence-corrected chi connectivity index (χ4v) is 4.31. The Morgan fingerprint density at radius 3 is 1.98 bits per heavy atom. The van der Waals surface area contributed by atoms with Gasteiger partial charge < -0.3 is 4.74 Å². The molecule has 244 valence electrons. The van der Waals surface area contributed by atoms with Crippen LogP contribution in [0.5, 0.6) is 0 Å². The van der Waals surface area contributed by atoms with Gasteiger partial charge in [0.05, 0.1) is 33.9 Å². The number of aliphatic imine (C=N–C) groups is 1. The molecule has 5 nitrogen and oxygen atoms in total. The van der Waals surface area contributed by atoms with E-state index in [4.69, 9.17) is 16.3 Å². The summed E-state index contributed by atoms with van der Waals surface area (Å²) in [6.07, 6.45) is -14.9. The van der Waals surface area contributed by atoms with Crippen LogP contribution in [0.3, 0.4) is 0 Å². The van der Waals surface area contributed by atoms with E-state index in [2.05, 4.69) is 10.1 Å². The largest absolute Gasteiger partial charge is 0.460 e. The van der Waals surface area contributed by atoms with Gasteiger partial charge in [-0.15, -0.1) is 0 Å². The highest BCUT2D eigenvalue weighted by Gasteiger charge is 2.79. The zero-order chi connectivity index (χ0) is 34.1. The monoisotopic (exact) mass is 687 g/mol.